The zero-order valence-corrected chi connectivity index (χ0v) is 10.2. The zero-order chi connectivity index (χ0) is 13.0. The van der Waals surface area contributed by atoms with Crippen molar-refractivity contribution in [3.63, 3.8) is 0 Å². The second-order valence-electron chi connectivity index (χ2n) is 2.59. The molecule has 0 rings (SSSR count). The Balaban J connectivity index is -0.0000000700. The molecule has 0 aliphatic rings. The van der Waals surface area contributed by atoms with E-state index < -0.39 is 11.9 Å². The molecule has 7 nitrogen and oxygen atoms in total. The summed E-state index contributed by atoms with van der Waals surface area (Å²) >= 11 is 0. The molecule has 16 heavy (non-hydrogen) atoms. The number of carbonyl (C=O) groups excluding carboxylic acids is 3. The van der Waals surface area contributed by atoms with Crippen LogP contribution in [0.2, 0.25) is 0 Å². The predicted molar refractivity (Wildman–Crippen MR) is 56.0 cm³/mol. The lowest BCUT2D eigenvalue weighted by Gasteiger charge is -1.81. The van der Waals surface area contributed by atoms with Crippen LogP contribution in [0.1, 0.15) is 34.1 Å². The van der Waals surface area contributed by atoms with Crippen molar-refractivity contribution in [1.29, 1.82) is 0 Å². The molecule has 0 radical (unpaired) electrons. The third kappa shape index (κ3) is 308. The largest absolute Gasteiger partial charge is 0.550 e. The Morgan fingerprint density at radius 3 is 1.06 bits per heavy atom. The summed E-state index contributed by atoms with van der Waals surface area (Å²) in [7, 11) is 0. The van der Waals surface area contributed by atoms with Crippen LogP contribution >= 0.6 is 0 Å². The summed E-state index contributed by atoms with van der Waals surface area (Å²) in [5, 5.41) is 16.3. The fraction of sp³-hybridized carbons (Fsp3) is 0.556. The molecule has 0 atom stereocenters. The smallest absolute Gasteiger partial charge is 0.300 e. The summed E-state index contributed by atoms with van der Waals surface area (Å²) in [4.78, 5) is 38.0. The Hall–Kier alpha value is -1.76. The molecule has 0 unspecified atom stereocenters. The zero-order valence-electron chi connectivity index (χ0n) is 10.2. The molecule has 0 spiro atoms. The fourth-order valence-electron chi connectivity index (χ4n) is 0.351. The summed E-state index contributed by atoms with van der Waals surface area (Å²) in [5.74, 6) is -2.04. The maximum atomic E-state index is 10.0. The van der Waals surface area contributed by atoms with Gasteiger partial charge in [0.2, 0.25) is 0 Å². The predicted octanol–water partition coefficient (Wildman–Crippen LogP) is -0.222. The minimum absolute atomic E-state index is 0. The van der Waals surface area contributed by atoms with Crippen molar-refractivity contribution in [2.75, 3.05) is 0 Å². The Morgan fingerprint density at radius 2 is 1.06 bits per heavy atom. The average molecular weight is 237 g/mol. The third-order valence-corrected chi connectivity index (χ3v) is 0.498. The van der Waals surface area contributed by atoms with Gasteiger partial charge in [-0.1, -0.05) is 0 Å². The number of carbonyl (C=O) groups is 4. The Kier molecular flexibility index (Phi) is 23.4. The lowest BCUT2D eigenvalue weighted by molar-refractivity contribution is -0.302. The number of quaternary nitrogens is 1. The number of hydrogen-bond donors (Lipinski definition) is 2. The number of ketones is 2. The van der Waals surface area contributed by atoms with Crippen molar-refractivity contribution in [3.8, 4) is 0 Å². The Labute approximate surface area is 94.0 Å². The van der Waals surface area contributed by atoms with Gasteiger partial charge in [-0.3, -0.25) is 14.4 Å². The summed E-state index contributed by atoms with van der Waals surface area (Å²) in [5.41, 5.74) is 0. The third-order valence-electron chi connectivity index (χ3n) is 0.498. The molecule has 0 aliphatic heterocycles. The van der Waals surface area contributed by atoms with E-state index in [-0.39, 0.29) is 24.1 Å². The van der Waals surface area contributed by atoms with Gasteiger partial charge in [-0.25, -0.2) is 0 Å². The number of carboxylic acids is 2. The van der Waals surface area contributed by atoms with E-state index in [0.717, 1.165) is 13.8 Å². The fourth-order valence-corrected chi connectivity index (χ4v) is 0.351. The van der Waals surface area contributed by atoms with Crippen LogP contribution in [0.4, 0.5) is 0 Å². The van der Waals surface area contributed by atoms with Gasteiger partial charge in [0.05, 0.1) is 6.42 Å². The van der Waals surface area contributed by atoms with Crippen molar-refractivity contribution in [3.05, 3.63) is 0 Å². The van der Waals surface area contributed by atoms with E-state index in [1.54, 1.807) is 0 Å². The molecule has 0 bridgehead atoms. The van der Waals surface area contributed by atoms with E-state index in [2.05, 4.69) is 0 Å². The number of carboxylic acid groups (broad SMARTS) is 2. The van der Waals surface area contributed by atoms with Crippen molar-refractivity contribution >= 4 is 23.5 Å². The average Bonchev–Trinajstić information content (AvgIpc) is 1.78. The lowest BCUT2D eigenvalue weighted by atomic mass is 10.2. The molecule has 7 heteroatoms. The van der Waals surface area contributed by atoms with E-state index in [0.29, 0.717) is 0 Å². The van der Waals surface area contributed by atoms with Gasteiger partial charge in [-0.15, -0.1) is 0 Å². The maximum absolute atomic E-state index is 10.0. The summed E-state index contributed by atoms with van der Waals surface area (Å²) in [6.07, 6.45) is 0.0833. The van der Waals surface area contributed by atoms with Crippen LogP contribution in [0, 0.1) is 0 Å². The molecule has 96 valence electrons. The van der Waals surface area contributed by atoms with E-state index in [1.807, 2.05) is 0 Å². The molecule has 0 aromatic heterocycles. The van der Waals surface area contributed by atoms with Gasteiger partial charge < -0.3 is 21.2 Å². The molecule has 0 heterocycles. The monoisotopic (exact) mass is 237 g/mol. The van der Waals surface area contributed by atoms with E-state index in [9.17, 15) is 9.59 Å². The van der Waals surface area contributed by atoms with Crippen molar-refractivity contribution in [2.24, 2.45) is 0 Å². The first-order valence-electron chi connectivity index (χ1n) is 3.95. The first-order valence-corrected chi connectivity index (χ1v) is 3.95. The standard InChI is InChI=1S/C5H8O2.2C2H4O2.H3N/c1-4(6)3-5(2)7;2*1-2(3)4;/h3H2,1-2H3;2*1H3,(H,3,4);1H3. The molecule has 0 saturated heterocycles. The molecule has 0 aromatic rings. The Morgan fingerprint density at radius 1 is 0.938 bits per heavy atom. The van der Waals surface area contributed by atoms with Crippen molar-refractivity contribution in [2.45, 2.75) is 34.1 Å². The van der Waals surface area contributed by atoms with E-state index in [1.165, 1.54) is 13.8 Å². The highest BCUT2D eigenvalue weighted by Gasteiger charge is 1.94. The molecule has 0 fully saturated rings. The van der Waals surface area contributed by atoms with Gasteiger partial charge in [-0.05, 0) is 20.8 Å². The van der Waals surface area contributed by atoms with Gasteiger partial charge in [0.25, 0.3) is 5.97 Å². The second-order valence-corrected chi connectivity index (χ2v) is 2.59. The van der Waals surface area contributed by atoms with Gasteiger partial charge in [-0.2, -0.15) is 0 Å². The SMILES string of the molecule is CC(=O)CC(C)=O.CC(=O)O.CC(=O)[O-].[NH4+]. The quantitative estimate of drug-likeness (QED) is 0.634. The lowest BCUT2D eigenvalue weighted by Crippen LogP contribution is -2.16. The van der Waals surface area contributed by atoms with Crippen LogP contribution in [0.5, 0.6) is 0 Å². The van der Waals surface area contributed by atoms with Crippen LogP contribution < -0.4 is 11.3 Å². The number of rotatable bonds is 2. The topological polar surface area (TPSA) is 148 Å². The molecule has 0 aromatic carbocycles. The van der Waals surface area contributed by atoms with E-state index in [4.69, 9.17) is 19.8 Å². The Bertz CT molecular complexity index is 204. The first-order chi connectivity index (χ1) is 6.59. The van der Waals surface area contributed by atoms with Gasteiger partial charge in [0, 0.05) is 12.9 Å². The molecule has 0 aliphatic carbocycles. The number of aliphatic carboxylic acids is 2. The minimum Gasteiger partial charge on any atom is -0.550 e. The minimum atomic E-state index is -1.08. The van der Waals surface area contributed by atoms with Crippen molar-refractivity contribution in [1.82, 2.24) is 6.15 Å². The van der Waals surface area contributed by atoms with E-state index >= 15 is 0 Å². The molecule has 0 amide bonds. The second kappa shape index (κ2) is 15.7. The van der Waals surface area contributed by atoms with Crippen LogP contribution in [0.3, 0.4) is 0 Å². The summed E-state index contributed by atoms with van der Waals surface area (Å²) < 4.78 is 0. The number of hydrogen-bond acceptors (Lipinski definition) is 5. The van der Waals surface area contributed by atoms with Gasteiger partial charge in [0.1, 0.15) is 11.6 Å². The first kappa shape index (κ1) is 23.8. The highest BCUT2D eigenvalue weighted by molar-refractivity contribution is 5.96. The number of Topliss-reactive ketones (excluding diaryl/α,β-unsaturated/α-hetero) is 2. The van der Waals surface area contributed by atoms with Gasteiger partial charge >= 0.3 is 0 Å². The van der Waals surface area contributed by atoms with Crippen LogP contribution in [0.15, 0.2) is 0 Å². The van der Waals surface area contributed by atoms with Crippen LogP contribution in [-0.4, -0.2) is 28.6 Å². The van der Waals surface area contributed by atoms with Crippen molar-refractivity contribution < 1.29 is 29.4 Å². The highest BCUT2D eigenvalue weighted by atomic mass is 16.4. The molecule has 0 saturated carbocycles. The van der Waals surface area contributed by atoms with Gasteiger partial charge in [0.15, 0.2) is 0 Å². The normalized spacial score (nSPS) is 6.75. The highest BCUT2D eigenvalue weighted by Crippen LogP contribution is 1.80. The summed E-state index contributed by atoms with van der Waals surface area (Å²) in [6, 6.07) is 0. The van der Waals surface area contributed by atoms with Crippen LogP contribution in [-0.2, 0) is 19.2 Å². The molecular weight excluding hydrogens is 218 g/mol. The molecule has 5 N–H and O–H groups in total. The molecular formula is C9H19NO6. The van der Waals surface area contributed by atoms with Crippen LogP contribution in [0.25, 0.3) is 0 Å². The summed E-state index contributed by atoms with van der Waals surface area (Å²) in [6.45, 7) is 4.86. The maximum Gasteiger partial charge on any atom is 0.300 e.